The molecule has 4 nitrogen and oxygen atoms in total. The number of hydrogen-bond acceptors (Lipinski definition) is 4. The first-order chi connectivity index (χ1) is 25.8. The molecule has 1 aliphatic heterocycles. The van der Waals surface area contributed by atoms with Crippen molar-refractivity contribution in [2.75, 3.05) is 6.61 Å². The number of rotatable bonds is 12. The Morgan fingerprint density at radius 1 is 0.537 bits per heavy atom. The van der Waals surface area contributed by atoms with Crippen molar-refractivity contribution in [3.05, 3.63) is 157 Å². The lowest BCUT2D eigenvalue weighted by Crippen LogP contribution is -2.70. The van der Waals surface area contributed by atoms with E-state index < -0.39 is 22.9 Å². The Kier molecular flexibility index (Phi) is 12.3. The van der Waals surface area contributed by atoms with Crippen molar-refractivity contribution in [1.82, 2.24) is 0 Å². The Labute approximate surface area is 327 Å². The second-order valence-electron chi connectivity index (χ2n) is 17.2. The van der Waals surface area contributed by atoms with Gasteiger partial charge in [0.1, 0.15) is 0 Å². The zero-order valence-electron chi connectivity index (χ0n) is 33.7. The van der Waals surface area contributed by atoms with E-state index in [9.17, 15) is 0 Å². The molecule has 6 rings (SSSR count). The maximum atomic E-state index is 8.11. The van der Waals surface area contributed by atoms with Crippen LogP contribution in [-0.2, 0) is 18.3 Å². The summed E-state index contributed by atoms with van der Waals surface area (Å²) in [5.41, 5.74) is 1.03. The van der Waals surface area contributed by atoms with Gasteiger partial charge in [-0.1, -0.05) is 207 Å². The molecule has 0 spiro atoms. The van der Waals surface area contributed by atoms with Crippen molar-refractivity contribution >= 4 is 37.4 Å². The summed E-state index contributed by atoms with van der Waals surface area (Å²) in [6.45, 7) is 21.3. The molecular weight excluding hydrogens is 697 g/mol. The van der Waals surface area contributed by atoms with Gasteiger partial charge in [-0.25, -0.2) is 0 Å². The maximum absolute atomic E-state index is 8.11. The molecule has 0 amide bonds. The van der Waals surface area contributed by atoms with Gasteiger partial charge in [0.2, 0.25) is 0 Å². The highest BCUT2D eigenvalue weighted by molar-refractivity contribution is 7.00. The molecular formula is C48H60O4Si2. The van der Waals surface area contributed by atoms with Crippen molar-refractivity contribution in [2.45, 2.75) is 97.0 Å². The lowest BCUT2D eigenvalue weighted by molar-refractivity contribution is -0.281. The maximum Gasteiger partial charge on any atom is 0.261 e. The molecule has 0 aromatic heterocycles. The van der Waals surface area contributed by atoms with Crippen LogP contribution in [0.15, 0.2) is 152 Å². The fourth-order valence-electron chi connectivity index (χ4n) is 8.65. The lowest BCUT2D eigenvalue weighted by atomic mass is 9.85. The topological polar surface area (TPSA) is 36.9 Å². The first-order valence-electron chi connectivity index (χ1n) is 19.7. The summed E-state index contributed by atoms with van der Waals surface area (Å²) in [7, 11) is -5.92. The van der Waals surface area contributed by atoms with Crippen LogP contribution < -0.4 is 20.7 Å². The first kappa shape index (κ1) is 40.0. The molecule has 1 aliphatic rings. The van der Waals surface area contributed by atoms with Crippen LogP contribution in [0.25, 0.3) is 0 Å². The number of ether oxygens (including phenoxy) is 2. The van der Waals surface area contributed by atoms with Gasteiger partial charge in [-0.2, -0.15) is 0 Å². The van der Waals surface area contributed by atoms with Crippen molar-refractivity contribution in [1.29, 1.82) is 0 Å². The highest BCUT2D eigenvalue weighted by Gasteiger charge is 2.55. The Balaban J connectivity index is 1.52. The average molecular weight is 757 g/mol. The summed E-state index contributed by atoms with van der Waals surface area (Å²) in [6.07, 6.45) is -0.935. The molecule has 0 unspecified atom stereocenters. The van der Waals surface area contributed by atoms with Crippen molar-refractivity contribution in [2.24, 2.45) is 11.8 Å². The van der Waals surface area contributed by atoms with Gasteiger partial charge >= 0.3 is 0 Å². The van der Waals surface area contributed by atoms with Gasteiger partial charge < -0.3 is 18.3 Å². The van der Waals surface area contributed by atoms with Crippen LogP contribution in [0.1, 0.15) is 74.2 Å². The van der Waals surface area contributed by atoms with Gasteiger partial charge in [-0.15, -0.1) is 0 Å². The molecule has 5 aromatic rings. The third kappa shape index (κ3) is 7.88. The zero-order valence-corrected chi connectivity index (χ0v) is 35.7. The summed E-state index contributed by atoms with van der Waals surface area (Å²) in [5.74, 6) is 0.0792. The van der Waals surface area contributed by atoms with Crippen LogP contribution in [0, 0.1) is 11.8 Å². The van der Waals surface area contributed by atoms with Gasteiger partial charge in [0.15, 0.2) is 6.29 Å². The summed E-state index contributed by atoms with van der Waals surface area (Å²) < 4.78 is 29.5. The molecule has 5 aromatic carbocycles. The van der Waals surface area contributed by atoms with Crippen LogP contribution in [-0.4, -0.2) is 41.6 Å². The average Bonchev–Trinajstić information content (AvgIpc) is 3.18. The van der Waals surface area contributed by atoms with Crippen LogP contribution in [0.2, 0.25) is 10.1 Å². The van der Waals surface area contributed by atoms with E-state index >= 15 is 0 Å². The van der Waals surface area contributed by atoms with E-state index in [4.69, 9.17) is 18.3 Å². The van der Waals surface area contributed by atoms with Crippen LogP contribution in [0.5, 0.6) is 0 Å². The van der Waals surface area contributed by atoms with Crippen LogP contribution in [0.4, 0.5) is 0 Å². The van der Waals surface area contributed by atoms with Crippen molar-refractivity contribution < 1.29 is 18.3 Å². The predicted octanol–water partition coefficient (Wildman–Crippen LogP) is 9.28. The molecule has 6 atom stereocenters. The molecule has 1 heterocycles. The monoisotopic (exact) mass is 756 g/mol. The minimum absolute atomic E-state index is 0.0116. The van der Waals surface area contributed by atoms with E-state index in [1.165, 1.54) is 20.7 Å². The fraction of sp³-hybridized carbons (Fsp3) is 0.375. The molecule has 0 N–H and O–H groups in total. The van der Waals surface area contributed by atoms with Crippen LogP contribution in [0.3, 0.4) is 0 Å². The second-order valence-corrected chi connectivity index (χ2v) is 25.8. The Hall–Kier alpha value is -3.63. The zero-order chi connectivity index (χ0) is 38.6. The SMILES string of the molecule is C[C@@H]1[C@@H]([C@@H](C)[C@@H](CO[Si](c2ccccc2)(c2ccccc2)C(C)(C)C)O[Si](c2ccccc2)(c2ccccc2)C(C)(C)C)O[C@H](c2ccccc2)O[C@@H]1C. The first-order valence-corrected chi connectivity index (χ1v) is 23.5. The predicted molar refractivity (Wildman–Crippen MR) is 229 cm³/mol. The van der Waals surface area contributed by atoms with E-state index in [0.29, 0.717) is 6.61 Å². The summed E-state index contributed by atoms with van der Waals surface area (Å²) in [4.78, 5) is 0. The lowest BCUT2D eigenvalue weighted by Gasteiger charge is -2.50. The minimum atomic E-state index is -3.01. The number of benzene rings is 5. The van der Waals surface area contributed by atoms with E-state index in [1.54, 1.807) is 0 Å². The highest BCUT2D eigenvalue weighted by atomic mass is 28.4. The normalized spacial score (nSPS) is 21.0. The molecule has 0 bridgehead atoms. The largest absolute Gasteiger partial charge is 0.405 e. The molecule has 6 heteroatoms. The summed E-state index contributed by atoms with van der Waals surface area (Å²) in [5, 5.41) is 4.62. The van der Waals surface area contributed by atoms with Gasteiger partial charge in [0, 0.05) is 17.4 Å². The molecule has 0 saturated carbocycles. The van der Waals surface area contributed by atoms with Gasteiger partial charge in [0.25, 0.3) is 16.6 Å². The molecule has 284 valence electrons. The van der Waals surface area contributed by atoms with E-state index in [0.717, 1.165) is 5.56 Å². The Bertz CT molecular complexity index is 1800. The number of hydrogen-bond donors (Lipinski definition) is 0. The Morgan fingerprint density at radius 2 is 0.907 bits per heavy atom. The second kappa shape index (κ2) is 16.6. The molecule has 1 fully saturated rings. The van der Waals surface area contributed by atoms with E-state index in [2.05, 4.69) is 208 Å². The van der Waals surface area contributed by atoms with E-state index in [-0.39, 0.29) is 40.2 Å². The quantitative estimate of drug-likeness (QED) is 0.119. The van der Waals surface area contributed by atoms with Gasteiger partial charge in [0.05, 0.1) is 24.9 Å². The molecule has 0 aliphatic carbocycles. The third-order valence-corrected chi connectivity index (χ3v) is 21.7. The Morgan fingerprint density at radius 3 is 1.30 bits per heavy atom. The summed E-state index contributed by atoms with van der Waals surface area (Å²) >= 11 is 0. The van der Waals surface area contributed by atoms with Crippen molar-refractivity contribution in [3.8, 4) is 0 Å². The van der Waals surface area contributed by atoms with Gasteiger partial charge in [-0.3, -0.25) is 0 Å². The molecule has 1 saturated heterocycles. The minimum Gasteiger partial charge on any atom is -0.405 e. The van der Waals surface area contributed by atoms with Crippen LogP contribution >= 0.6 is 0 Å². The third-order valence-electron chi connectivity index (χ3n) is 11.7. The summed E-state index contributed by atoms with van der Waals surface area (Å²) in [6, 6.07) is 54.1. The van der Waals surface area contributed by atoms with Gasteiger partial charge in [-0.05, 0) is 37.7 Å². The molecule has 54 heavy (non-hydrogen) atoms. The van der Waals surface area contributed by atoms with E-state index in [1.807, 2.05) is 6.07 Å². The van der Waals surface area contributed by atoms with Crippen molar-refractivity contribution in [3.63, 3.8) is 0 Å². The highest BCUT2D eigenvalue weighted by Crippen LogP contribution is 2.43. The fourth-order valence-corrected chi connectivity index (χ4v) is 18.0. The standard InChI is InChI=1S/C48H60O4Si2/c1-36-38(3)50-46(39-25-15-10-16-26-39)51-45(36)37(2)44(52-54(48(7,8)9,42-31-21-13-22-32-42)43-33-23-14-24-34-43)35-49-53(47(4,5)6,40-27-17-11-18-28-40)41-29-19-12-20-30-41/h10-34,36-38,44-46H,35H2,1-9H3/t36-,37-,38+,44+,45-,46+/m0/s1. The smallest absolute Gasteiger partial charge is 0.261 e. The molecule has 0 radical (unpaired) electrons.